The quantitative estimate of drug-likeness (QED) is 0.434. The minimum Gasteiger partial charge on any atom is -0.464 e. The molecule has 1 radical (unpaired) electrons. The van der Waals surface area contributed by atoms with E-state index in [1.165, 1.54) is 6.26 Å². The second kappa shape index (κ2) is 12.8. The van der Waals surface area contributed by atoms with Gasteiger partial charge in [0.15, 0.2) is 9.84 Å². The number of esters is 1. The Morgan fingerprint density at radius 3 is 2.21 bits per heavy atom. The van der Waals surface area contributed by atoms with E-state index in [0.717, 1.165) is 64.1 Å². The molecule has 0 aliphatic carbocycles. The molecule has 1 aliphatic rings. The molecule has 1 aromatic rings. The van der Waals surface area contributed by atoms with Crippen LogP contribution in [0.25, 0.3) is 0 Å². The first-order valence-corrected chi connectivity index (χ1v) is 13.9. The Kier molecular flexibility index (Phi) is 10.8. The second-order valence-corrected chi connectivity index (χ2v) is 11.8. The molecule has 0 saturated carbocycles. The summed E-state index contributed by atoms with van der Waals surface area (Å²) >= 11 is 0. The highest BCUT2D eigenvalue weighted by Gasteiger charge is 2.35. The van der Waals surface area contributed by atoms with Crippen LogP contribution in [0.3, 0.4) is 0 Å². The molecule has 0 aromatic heterocycles. The summed E-state index contributed by atoms with van der Waals surface area (Å²) in [5.74, 6) is 0.0105. The second-order valence-electron chi connectivity index (χ2n) is 9.74. The lowest BCUT2D eigenvalue weighted by Gasteiger charge is -2.35. The van der Waals surface area contributed by atoms with Crippen molar-refractivity contribution >= 4 is 15.8 Å². The van der Waals surface area contributed by atoms with Gasteiger partial charge in [-0.25, -0.2) is 8.42 Å². The molecule has 33 heavy (non-hydrogen) atoms. The van der Waals surface area contributed by atoms with Crippen molar-refractivity contribution < 1.29 is 17.9 Å². The van der Waals surface area contributed by atoms with Crippen molar-refractivity contribution in [2.24, 2.45) is 11.7 Å². The van der Waals surface area contributed by atoms with Crippen molar-refractivity contribution in [1.29, 1.82) is 0 Å². The molecule has 8 heteroatoms. The molecule has 1 aliphatic heterocycles. The van der Waals surface area contributed by atoms with Gasteiger partial charge in [-0.1, -0.05) is 45.7 Å². The van der Waals surface area contributed by atoms with Crippen LogP contribution in [0.4, 0.5) is 0 Å². The van der Waals surface area contributed by atoms with E-state index in [9.17, 15) is 13.2 Å². The SMILES string of the molecule is [CH2]CCCC(N)(CCCN1CCN(Cc2ccc(S(C)(=O)=O)cc2)CC1)C(=O)OCC(C)C. The lowest BCUT2D eigenvalue weighted by Crippen LogP contribution is -2.50. The maximum Gasteiger partial charge on any atom is 0.326 e. The van der Waals surface area contributed by atoms with Gasteiger partial charge >= 0.3 is 5.97 Å². The maximum absolute atomic E-state index is 12.6. The third-order valence-corrected chi connectivity index (χ3v) is 7.28. The van der Waals surface area contributed by atoms with Crippen molar-refractivity contribution in [3.05, 3.63) is 36.8 Å². The van der Waals surface area contributed by atoms with Gasteiger partial charge in [0.25, 0.3) is 0 Å². The molecule has 1 unspecified atom stereocenters. The standard InChI is InChI=1S/C25H42N3O4S/c1-5-6-12-25(26,24(29)32-20-21(2)3)13-7-14-27-15-17-28(18-16-27)19-22-8-10-23(11-9-22)33(4,30)31/h8-11,21H,1,5-7,12-20,26H2,2-4H3. The predicted molar refractivity (Wildman–Crippen MR) is 132 cm³/mol. The Hall–Kier alpha value is -1.48. The molecule has 0 bridgehead atoms. The fourth-order valence-electron chi connectivity index (χ4n) is 4.05. The molecule has 1 saturated heterocycles. The summed E-state index contributed by atoms with van der Waals surface area (Å²) in [4.78, 5) is 17.8. The largest absolute Gasteiger partial charge is 0.464 e. The summed E-state index contributed by atoms with van der Waals surface area (Å²) in [5, 5.41) is 0. The molecule has 1 aromatic carbocycles. The third kappa shape index (κ3) is 9.35. The Morgan fingerprint density at radius 1 is 1.09 bits per heavy atom. The number of nitrogens with two attached hydrogens (primary N) is 1. The summed E-state index contributed by atoms with van der Waals surface area (Å²) in [5.41, 5.74) is 6.70. The fourth-order valence-corrected chi connectivity index (χ4v) is 4.68. The highest BCUT2D eigenvalue weighted by Crippen LogP contribution is 2.21. The van der Waals surface area contributed by atoms with Crippen LogP contribution in [0.1, 0.15) is 51.5 Å². The first-order chi connectivity index (χ1) is 15.5. The van der Waals surface area contributed by atoms with Gasteiger partial charge in [0.1, 0.15) is 5.54 Å². The number of carbonyl (C=O) groups is 1. The Bertz CT molecular complexity index is 834. The minimum atomic E-state index is -3.16. The number of ether oxygens (including phenoxy) is 1. The monoisotopic (exact) mass is 480 g/mol. The summed E-state index contributed by atoms with van der Waals surface area (Å²) in [7, 11) is -3.16. The Balaban J connectivity index is 1.77. The number of benzene rings is 1. The van der Waals surface area contributed by atoms with Crippen LogP contribution in [0.5, 0.6) is 0 Å². The molecule has 187 valence electrons. The summed E-state index contributed by atoms with van der Waals surface area (Å²) in [6, 6.07) is 7.16. The number of nitrogens with zero attached hydrogens (tertiary/aromatic N) is 2. The van der Waals surface area contributed by atoms with Crippen LogP contribution in [0.15, 0.2) is 29.2 Å². The molecule has 0 amide bonds. The van der Waals surface area contributed by atoms with Gasteiger partial charge in [-0.05, 0) is 49.4 Å². The predicted octanol–water partition coefficient (Wildman–Crippen LogP) is 2.89. The van der Waals surface area contributed by atoms with Crippen LogP contribution >= 0.6 is 0 Å². The van der Waals surface area contributed by atoms with Crippen LogP contribution < -0.4 is 5.73 Å². The molecule has 2 N–H and O–H groups in total. The Labute approximate surface area is 200 Å². The van der Waals surface area contributed by atoms with E-state index in [-0.39, 0.29) is 5.97 Å². The molecule has 2 rings (SSSR count). The normalized spacial score (nSPS) is 17.8. The molecule has 0 spiro atoms. The van der Waals surface area contributed by atoms with Gasteiger partial charge < -0.3 is 15.4 Å². The van der Waals surface area contributed by atoms with E-state index in [1.807, 2.05) is 26.0 Å². The first kappa shape index (κ1) is 27.8. The van der Waals surface area contributed by atoms with Gasteiger partial charge in [0.05, 0.1) is 11.5 Å². The zero-order valence-corrected chi connectivity index (χ0v) is 21.4. The van der Waals surface area contributed by atoms with E-state index in [0.29, 0.717) is 30.3 Å². The maximum atomic E-state index is 12.6. The third-order valence-electron chi connectivity index (χ3n) is 6.15. The zero-order valence-electron chi connectivity index (χ0n) is 20.6. The van der Waals surface area contributed by atoms with E-state index in [1.54, 1.807) is 12.1 Å². The van der Waals surface area contributed by atoms with Crippen LogP contribution in [-0.2, 0) is 25.9 Å². The number of rotatable bonds is 13. The number of piperazine rings is 1. The average Bonchev–Trinajstić information content (AvgIpc) is 2.77. The van der Waals surface area contributed by atoms with E-state index >= 15 is 0 Å². The van der Waals surface area contributed by atoms with Crippen LogP contribution in [0.2, 0.25) is 0 Å². The molecular formula is C25H42N3O4S. The summed E-state index contributed by atoms with van der Waals surface area (Å²) in [6.45, 7) is 13.9. The molecular weight excluding hydrogens is 438 g/mol. The average molecular weight is 481 g/mol. The molecule has 7 nitrogen and oxygen atoms in total. The zero-order chi connectivity index (χ0) is 24.5. The van der Waals surface area contributed by atoms with Crippen LogP contribution in [-0.4, -0.2) is 75.3 Å². The van der Waals surface area contributed by atoms with Crippen molar-refractivity contribution in [3.63, 3.8) is 0 Å². The topological polar surface area (TPSA) is 92.9 Å². The fraction of sp³-hybridized carbons (Fsp3) is 0.680. The van der Waals surface area contributed by atoms with Gasteiger partial charge in [-0.15, -0.1) is 0 Å². The van der Waals surface area contributed by atoms with Crippen LogP contribution in [0, 0.1) is 12.8 Å². The van der Waals surface area contributed by atoms with Crippen molar-refractivity contribution in [2.45, 2.75) is 62.9 Å². The molecule has 1 fully saturated rings. The van der Waals surface area contributed by atoms with Gasteiger partial charge in [0, 0.05) is 39.0 Å². The number of hydrogen-bond acceptors (Lipinski definition) is 7. The summed E-state index contributed by atoms with van der Waals surface area (Å²) in [6.07, 6.45) is 4.89. The number of sulfone groups is 1. The van der Waals surface area contributed by atoms with Gasteiger partial charge in [-0.2, -0.15) is 0 Å². The van der Waals surface area contributed by atoms with Crippen molar-refractivity contribution in [2.75, 3.05) is 45.6 Å². The highest BCUT2D eigenvalue weighted by atomic mass is 32.2. The minimum absolute atomic E-state index is 0.281. The van der Waals surface area contributed by atoms with E-state index in [2.05, 4.69) is 16.7 Å². The first-order valence-electron chi connectivity index (χ1n) is 12.0. The van der Waals surface area contributed by atoms with Gasteiger partial charge in [-0.3, -0.25) is 9.69 Å². The van der Waals surface area contributed by atoms with E-state index < -0.39 is 15.4 Å². The lowest BCUT2D eigenvalue weighted by atomic mass is 9.88. The lowest BCUT2D eigenvalue weighted by molar-refractivity contribution is -0.152. The highest BCUT2D eigenvalue weighted by molar-refractivity contribution is 7.90. The number of hydrogen-bond donors (Lipinski definition) is 1. The smallest absolute Gasteiger partial charge is 0.326 e. The number of unbranched alkanes of at least 4 members (excludes halogenated alkanes) is 1. The molecule has 1 heterocycles. The van der Waals surface area contributed by atoms with E-state index in [4.69, 9.17) is 10.5 Å². The Morgan fingerprint density at radius 2 is 1.67 bits per heavy atom. The molecule has 1 atom stereocenters. The van der Waals surface area contributed by atoms with Crippen molar-refractivity contribution in [1.82, 2.24) is 9.80 Å². The summed E-state index contributed by atoms with van der Waals surface area (Å²) < 4.78 is 28.7. The van der Waals surface area contributed by atoms with Gasteiger partial charge in [0.2, 0.25) is 0 Å². The number of carbonyl (C=O) groups excluding carboxylic acids is 1. The van der Waals surface area contributed by atoms with Crippen molar-refractivity contribution in [3.8, 4) is 0 Å².